The molecule has 2 aliphatic heterocycles. The van der Waals surface area contributed by atoms with Crippen molar-refractivity contribution in [3.05, 3.63) is 48.8 Å². The number of carbonyl (C=O) groups excluding carboxylic acids is 1. The predicted octanol–water partition coefficient (Wildman–Crippen LogP) is 2.40. The molecule has 5 aromatic rings. The minimum absolute atomic E-state index is 0.113. The number of nitrogen functional groups attached to an aromatic ring is 1. The van der Waals surface area contributed by atoms with Gasteiger partial charge in [0.1, 0.15) is 17.8 Å². The number of aromatic nitrogens is 6. The molecule has 47 heavy (non-hydrogen) atoms. The second kappa shape index (κ2) is 12.6. The van der Waals surface area contributed by atoms with Crippen LogP contribution in [0.1, 0.15) is 32.4 Å². The quantitative estimate of drug-likeness (QED) is 0.143. The monoisotopic (exact) mass is 641 g/mol. The average molecular weight is 642 g/mol. The van der Waals surface area contributed by atoms with Crippen molar-refractivity contribution < 1.29 is 24.2 Å². The first kappa shape index (κ1) is 30.5. The van der Waals surface area contributed by atoms with Gasteiger partial charge in [-0.3, -0.25) is 9.36 Å². The third kappa shape index (κ3) is 6.18. The van der Waals surface area contributed by atoms with Gasteiger partial charge in [0.25, 0.3) is 0 Å². The van der Waals surface area contributed by atoms with Gasteiger partial charge in [0.05, 0.1) is 30.4 Å². The Morgan fingerprint density at radius 3 is 2.47 bits per heavy atom. The van der Waals surface area contributed by atoms with E-state index in [1.54, 1.807) is 22.8 Å². The molecule has 2 aliphatic rings. The van der Waals surface area contributed by atoms with E-state index >= 15 is 0 Å². The third-order valence-electron chi connectivity index (χ3n) is 8.41. The summed E-state index contributed by atoms with van der Waals surface area (Å²) >= 11 is 0. The molecule has 5 heterocycles. The molecule has 244 valence electrons. The van der Waals surface area contributed by atoms with Crippen molar-refractivity contribution in [2.45, 2.75) is 50.7 Å². The number of nitrogens with zero attached hydrogens (tertiary/aromatic N) is 7. The molecule has 2 aromatic carbocycles. The van der Waals surface area contributed by atoms with Gasteiger partial charge in [-0.1, -0.05) is 0 Å². The van der Waals surface area contributed by atoms with E-state index in [0.717, 1.165) is 37.2 Å². The van der Waals surface area contributed by atoms with Gasteiger partial charge in [-0.05, 0) is 55.3 Å². The molecule has 3 aromatic heterocycles. The van der Waals surface area contributed by atoms with E-state index in [-0.39, 0.29) is 42.6 Å². The molecule has 2 fully saturated rings. The second-order valence-electron chi connectivity index (χ2n) is 11.7. The molecule has 0 radical (unpaired) electrons. The van der Waals surface area contributed by atoms with Crippen LogP contribution in [-0.2, 0) is 9.53 Å². The SMILES string of the molecule is CC(=O)Nc1ccc(-c2nnc(-c3ccc(N4CCC(N)CC4)cc3)o2)cc1Nc1nc(N)c2ncn([C@H]3CC(O)[C@@H](CO)O3)c2n1. The van der Waals surface area contributed by atoms with Gasteiger partial charge in [-0.25, -0.2) is 4.98 Å². The highest BCUT2D eigenvalue weighted by molar-refractivity contribution is 5.94. The molecule has 0 spiro atoms. The summed E-state index contributed by atoms with van der Waals surface area (Å²) in [6, 6.07) is 13.5. The van der Waals surface area contributed by atoms with Crippen molar-refractivity contribution >= 4 is 45.9 Å². The molecule has 0 aliphatic carbocycles. The van der Waals surface area contributed by atoms with Gasteiger partial charge < -0.3 is 46.4 Å². The Hall–Kier alpha value is -5.16. The van der Waals surface area contributed by atoms with E-state index in [9.17, 15) is 15.0 Å². The van der Waals surface area contributed by atoms with Crippen molar-refractivity contribution in [1.29, 1.82) is 0 Å². The molecule has 0 saturated carbocycles. The van der Waals surface area contributed by atoms with Crippen molar-refractivity contribution in [1.82, 2.24) is 29.7 Å². The maximum absolute atomic E-state index is 12.0. The van der Waals surface area contributed by atoms with Crippen LogP contribution < -0.4 is 27.0 Å². The van der Waals surface area contributed by atoms with E-state index in [0.29, 0.717) is 34.0 Å². The van der Waals surface area contributed by atoms with E-state index in [2.05, 4.69) is 40.7 Å². The minimum atomic E-state index is -0.841. The normalized spacial score (nSPS) is 20.2. The highest BCUT2D eigenvalue weighted by Crippen LogP contribution is 2.35. The summed E-state index contributed by atoms with van der Waals surface area (Å²) in [5, 5.41) is 34.3. The molecule has 16 nitrogen and oxygen atoms in total. The lowest BCUT2D eigenvalue weighted by Crippen LogP contribution is -2.39. The van der Waals surface area contributed by atoms with Gasteiger partial charge in [0.2, 0.25) is 23.6 Å². The van der Waals surface area contributed by atoms with Crippen LogP contribution >= 0.6 is 0 Å². The number of fused-ring (bicyclic) bond motifs is 1. The molecular weight excluding hydrogens is 606 g/mol. The number of rotatable bonds is 8. The van der Waals surface area contributed by atoms with Crippen LogP contribution in [0.15, 0.2) is 53.2 Å². The summed E-state index contributed by atoms with van der Waals surface area (Å²) in [5.74, 6) is 0.601. The van der Waals surface area contributed by atoms with Crippen LogP contribution in [0.4, 0.5) is 28.8 Å². The van der Waals surface area contributed by atoms with Gasteiger partial charge in [0.15, 0.2) is 11.5 Å². The second-order valence-corrected chi connectivity index (χ2v) is 11.7. The van der Waals surface area contributed by atoms with Crippen LogP contribution in [0.2, 0.25) is 0 Å². The number of ether oxygens (including phenoxy) is 1. The number of aliphatic hydroxyl groups excluding tert-OH is 2. The van der Waals surface area contributed by atoms with Gasteiger partial charge in [-0.15, -0.1) is 10.2 Å². The Morgan fingerprint density at radius 2 is 1.77 bits per heavy atom. The smallest absolute Gasteiger partial charge is 0.248 e. The zero-order valence-corrected chi connectivity index (χ0v) is 25.6. The number of hydrogen-bond acceptors (Lipinski definition) is 14. The topological polar surface area (TPSA) is 229 Å². The first-order valence-electron chi connectivity index (χ1n) is 15.3. The van der Waals surface area contributed by atoms with Crippen LogP contribution in [-0.4, -0.2) is 83.8 Å². The van der Waals surface area contributed by atoms with Crippen molar-refractivity contribution in [2.75, 3.05) is 41.0 Å². The number of anilines is 5. The van der Waals surface area contributed by atoms with Crippen molar-refractivity contribution in [3.8, 4) is 22.9 Å². The zero-order chi connectivity index (χ0) is 32.7. The number of nitrogens with two attached hydrogens (primary N) is 2. The fourth-order valence-corrected chi connectivity index (χ4v) is 5.88. The fraction of sp³-hybridized carbons (Fsp3) is 0.355. The molecule has 3 atom stereocenters. The lowest BCUT2D eigenvalue weighted by atomic mass is 10.1. The number of piperidine rings is 1. The zero-order valence-electron chi connectivity index (χ0n) is 25.6. The van der Waals surface area contributed by atoms with Crippen LogP contribution in [0, 0.1) is 0 Å². The lowest BCUT2D eigenvalue weighted by molar-refractivity contribution is -0.114. The molecule has 0 bridgehead atoms. The largest absolute Gasteiger partial charge is 0.416 e. The predicted molar refractivity (Wildman–Crippen MR) is 174 cm³/mol. The Bertz CT molecular complexity index is 1900. The Labute approximate surface area is 268 Å². The lowest BCUT2D eigenvalue weighted by Gasteiger charge is -2.32. The summed E-state index contributed by atoms with van der Waals surface area (Å²) < 4.78 is 13.5. The summed E-state index contributed by atoms with van der Waals surface area (Å²) in [6.07, 6.45) is 1.51. The fourth-order valence-electron chi connectivity index (χ4n) is 5.88. The third-order valence-corrected chi connectivity index (χ3v) is 8.41. The molecule has 8 N–H and O–H groups in total. The maximum atomic E-state index is 12.0. The highest BCUT2D eigenvalue weighted by atomic mass is 16.5. The number of imidazole rings is 1. The minimum Gasteiger partial charge on any atom is -0.416 e. The average Bonchev–Trinajstić information content (AvgIpc) is 3.81. The molecular formula is C31H35N11O5. The molecule has 16 heteroatoms. The van der Waals surface area contributed by atoms with Crippen molar-refractivity contribution in [2.24, 2.45) is 5.73 Å². The van der Waals surface area contributed by atoms with E-state index < -0.39 is 18.4 Å². The number of benzene rings is 2. The summed E-state index contributed by atoms with van der Waals surface area (Å²) in [4.78, 5) is 27.7. The van der Waals surface area contributed by atoms with Gasteiger partial charge >= 0.3 is 0 Å². The Morgan fingerprint density at radius 1 is 1.04 bits per heavy atom. The van der Waals surface area contributed by atoms with Crippen LogP contribution in [0.3, 0.4) is 0 Å². The number of carbonyl (C=O) groups is 1. The van der Waals surface area contributed by atoms with Gasteiger partial charge in [-0.2, -0.15) is 9.97 Å². The Balaban J connectivity index is 1.16. The highest BCUT2D eigenvalue weighted by Gasteiger charge is 2.35. The number of hydrogen-bond donors (Lipinski definition) is 6. The van der Waals surface area contributed by atoms with E-state index in [4.69, 9.17) is 20.6 Å². The van der Waals surface area contributed by atoms with Crippen LogP contribution in [0.25, 0.3) is 34.1 Å². The van der Waals surface area contributed by atoms with Gasteiger partial charge in [0, 0.05) is 49.3 Å². The summed E-state index contributed by atoms with van der Waals surface area (Å²) in [6.45, 7) is 2.94. The van der Waals surface area contributed by atoms with E-state index in [1.807, 2.05) is 24.3 Å². The summed E-state index contributed by atoms with van der Waals surface area (Å²) in [7, 11) is 0. The van der Waals surface area contributed by atoms with Crippen LogP contribution in [0.5, 0.6) is 0 Å². The molecule has 7 rings (SSSR count). The van der Waals surface area contributed by atoms with E-state index in [1.165, 1.54) is 13.3 Å². The first-order chi connectivity index (χ1) is 22.7. The molecule has 2 saturated heterocycles. The standard InChI is InChI=1S/C31H35N11O5/c1-16(44)35-21-7-4-18(30-40-39-29(47-30)17-2-5-20(6-3-17)41-10-8-19(32)9-11-41)12-22(21)36-31-37-27(33)26-28(38-31)42(15-34-26)25-13-23(45)24(14-43)46-25/h2-7,12,15,19,23-25,43,45H,8-11,13-14,32H2,1H3,(H,35,44)(H3,33,36,37,38)/t23?,24-,25-/m1/s1. The Kier molecular flexibility index (Phi) is 8.15. The molecule has 1 amide bonds. The number of amides is 1. The number of nitrogens with one attached hydrogen (secondary N) is 2. The number of aliphatic hydroxyl groups is 2. The first-order valence-corrected chi connectivity index (χ1v) is 15.3. The summed E-state index contributed by atoms with van der Waals surface area (Å²) in [5.41, 5.74) is 16.4. The maximum Gasteiger partial charge on any atom is 0.248 e. The molecule has 1 unspecified atom stereocenters. The van der Waals surface area contributed by atoms with Crippen molar-refractivity contribution in [3.63, 3.8) is 0 Å².